The summed E-state index contributed by atoms with van der Waals surface area (Å²) in [6, 6.07) is 14.0. The number of nitrogen functional groups attached to an aromatic ring is 1. The molecule has 2 heterocycles. The van der Waals surface area contributed by atoms with Gasteiger partial charge in [-0.05, 0) is 29.6 Å². The van der Waals surface area contributed by atoms with Gasteiger partial charge < -0.3 is 5.73 Å². The van der Waals surface area contributed by atoms with Crippen LogP contribution in [0.15, 0.2) is 52.3 Å². The largest absolute Gasteiger partial charge is 0.368 e. The molecular weight excluding hydrogens is 322 g/mol. The first-order valence-corrected chi connectivity index (χ1v) is 7.34. The first kappa shape index (κ1) is 12.3. The van der Waals surface area contributed by atoms with Crippen LogP contribution in [0, 0.1) is 0 Å². The lowest BCUT2D eigenvalue weighted by atomic mass is 10.1. The Kier molecular flexibility index (Phi) is 3.31. The van der Waals surface area contributed by atoms with Crippen molar-refractivity contribution in [3.05, 3.63) is 52.3 Å². The van der Waals surface area contributed by atoms with E-state index in [0.717, 1.165) is 26.3 Å². The highest BCUT2D eigenvalue weighted by Crippen LogP contribution is 2.27. The lowest BCUT2D eigenvalue weighted by Gasteiger charge is -2.05. The summed E-state index contributed by atoms with van der Waals surface area (Å²) in [5, 5.41) is 2.02. The summed E-state index contributed by atoms with van der Waals surface area (Å²) in [6.45, 7) is 0. The van der Waals surface area contributed by atoms with E-state index >= 15 is 0 Å². The van der Waals surface area contributed by atoms with E-state index in [0.29, 0.717) is 5.95 Å². The van der Waals surface area contributed by atoms with Crippen LogP contribution in [0.5, 0.6) is 0 Å². The Morgan fingerprint density at radius 2 is 1.74 bits per heavy atom. The molecule has 0 bridgehead atoms. The molecule has 0 radical (unpaired) electrons. The van der Waals surface area contributed by atoms with Gasteiger partial charge in [-0.25, -0.2) is 9.97 Å². The molecule has 0 spiro atoms. The number of hydrogen-bond acceptors (Lipinski definition) is 4. The number of halogens is 1. The van der Waals surface area contributed by atoms with Gasteiger partial charge in [0, 0.05) is 10.0 Å². The molecule has 3 nitrogen and oxygen atoms in total. The number of hydrogen-bond donors (Lipinski definition) is 1. The van der Waals surface area contributed by atoms with Crippen LogP contribution < -0.4 is 5.73 Å². The van der Waals surface area contributed by atoms with E-state index < -0.39 is 0 Å². The molecule has 0 fully saturated rings. The third-order valence-electron chi connectivity index (χ3n) is 2.66. The summed E-state index contributed by atoms with van der Waals surface area (Å²) in [5.74, 6) is 0.295. The number of nitrogens with zero attached hydrogens (tertiary/aromatic N) is 2. The first-order chi connectivity index (χ1) is 9.22. The quantitative estimate of drug-likeness (QED) is 0.764. The predicted octanol–water partition coefficient (Wildman–Crippen LogP) is 4.22. The molecule has 1 aromatic carbocycles. The van der Waals surface area contributed by atoms with Crippen molar-refractivity contribution in [1.29, 1.82) is 0 Å². The van der Waals surface area contributed by atoms with E-state index in [4.69, 9.17) is 5.73 Å². The second-order valence-corrected chi connectivity index (χ2v) is 5.84. The average molecular weight is 332 g/mol. The summed E-state index contributed by atoms with van der Waals surface area (Å²) in [7, 11) is 0. The molecule has 5 heteroatoms. The van der Waals surface area contributed by atoms with Gasteiger partial charge in [0.25, 0.3) is 0 Å². The zero-order valence-corrected chi connectivity index (χ0v) is 12.3. The monoisotopic (exact) mass is 331 g/mol. The van der Waals surface area contributed by atoms with Gasteiger partial charge >= 0.3 is 0 Å². The third kappa shape index (κ3) is 2.67. The van der Waals surface area contributed by atoms with E-state index in [2.05, 4.69) is 25.9 Å². The highest BCUT2D eigenvalue weighted by Gasteiger charge is 2.07. The lowest BCUT2D eigenvalue weighted by Crippen LogP contribution is -1.97. The lowest BCUT2D eigenvalue weighted by molar-refractivity contribution is 1.20. The molecule has 2 aromatic heterocycles. The predicted molar refractivity (Wildman–Crippen MR) is 82.9 cm³/mol. The number of rotatable bonds is 2. The second kappa shape index (κ2) is 5.11. The summed E-state index contributed by atoms with van der Waals surface area (Å²) in [4.78, 5) is 9.68. The van der Waals surface area contributed by atoms with Gasteiger partial charge in [-0.15, -0.1) is 11.3 Å². The molecular formula is C14H10BrN3S. The van der Waals surface area contributed by atoms with Crippen LogP contribution in [0.25, 0.3) is 21.8 Å². The van der Waals surface area contributed by atoms with Crippen molar-refractivity contribution in [3.63, 3.8) is 0 Å². The zero-order valence-electron chi connectivity index (χ0n) is 9.88. The molecule has 0 atom stereocenters. The van der Waals surface area contributed by atoms with E-state index in [1.807, 2.05) is 47.8 Å². The topological polar surface area (TPSA) is 51.8 Å². The molecule has 0 aliphatic carbocycles. The summed E-state index contributed by atoms with van der Waals surface area (Å²) in [6.07, 6.45) is 0. The number of benzene rings is 1. The van der Waals surface area contributed by atoms with Crippen LogP contribution in [0.1, 0.15) is 0 Å². The van der Waals surface area contributed by atoms with Crippen molar-refractivity contribution >= 4 is 33.2 Å². The fourth-order valence-corrected chi connectivity index (χ4v) is 2.74. The fraction of sp³-hybridized carbons (Fsp3) is 0. The molecule has 0 saturated heterocycles. The Morgan fingerprint density at radius 1 is 1.00 bits per heavy atom. The van der Waals surface area contributed by atoms with Crippen LogP contribution >= 0.6 is 27.3 Å². The number of aromatic nitrogens is 2. The molecule has 2 N–H and O–H groups in total. The molecule has 19 heavy (non-hydrogen) atoms. The van der Waals surface area contributed by atoms with Gasteiger partial charge in [0.2, 0.25) is 5.95 Å². The van der Waals surface area contributed by atoms with Crippen molar-refractivity contribution in [2.45, 2.75) is 0 Å². The maximum atomic E-state index is 5.81. The number of nitrogens with two attached hydrogens (primary N) is 1. The maximum Gasteiger partial charge on any atom is 0.221 e. The van der Waals surface area contributed by atoms with Crippen LogP contribution in [0.3, 0.4) is 0 Å². The molecule has 0 saturated carbocycles. The number of anilines is 1. The first-order valence-electron chi connectivity index (χ1n) is 5.67. The Labute approximate surface area is 123 Å². The summed E-state index contributed by atoms with van der Waals surface area (Å²) in [5.41, 5.74) is 8.53. The molecule has 0 aliphatic heterocycles. The normalized spacial score (nSPS) is 10.6. The third-order valence-corrected chi connectivity index (χ3v) is 4.08. The van der Waals surface area contributed by atoms with Gasteiger partial charge in [-0.1, -0.05) is 34.1 Å². The maximum absolute atomic E-state index is 5.81. The number of thiophene rings is 1. The molecule has 3 rings (SSSR count). The van der Waals surface area contributed by atoms with Crippen molar-refractivity contribution in [3.8, 4) is 21.8 Å². The second-order valence-electron chi connectivity index (χ2n) is 3.98. The van der Waals surface area contributed by atoms with E-state index in [1.54, 1.807) is 11.3 Å². The van der Waals surface area contributed by atoms with E-state index in [9.17, 15) is 0 Å². The van der Waals surface area contributed by atoms with Crippen LogP contribution in [0.4, 0.5) is 5.95 Å². The van der Waals surface area contributed by atoms with Crippen molar-refractivity contribution in [1.82, 2.24) is 9.97 Å². The van der Waals surface area contributed by atoms with Gasteiger partial charge in [0.15, 0.2) is 0 Å². The van der Waals surface area contributed by atoms with Crippen molar-refractivity contribution < 1.29 is 0 Å². The van der Waals surface area contributed by atoms with Gasteiger partial charge in [0.05, 0.1) is 16.3 Å². The SMILES string of the molecule is Nc1nc(-c2ccc(Br)cc2)cc(-c2cccs2)n1. The van der Waals surface area contributed by atoms with Gasteiger partial charge in [0.1, 0.15) is 0 Å². The molecule has 0 amide bonds. The Bertz CT molecular complexity index is 693. The van der Waals surface area contributed by atoms with Crippen LogP contribution in [0.2, 0.25) is 0 Å². The average Bonchev–Trinajstić information content (AvgIpc) is 2.93. The highest BCUT2D eigenvalue weighted by molar-refractivity contribution is 9.10. The Morgan fingerprint density at radius 3 is 2.42 bits per heavy atom. The smallest absolute Gasteiger partial charge is 0.221 e. The van der Waals surface area contributed by atoms with Gasteiger partial charge in [-0.3, -0.25) is 0 Å². The van der Waals surface area contributed by atoms with Crippen LogP contribution in [-0.2, 0) is 0 Å². The zero-order chi connectivity index (χ0) is 13.2. The molecule has 0 aliphatic rings. The molecule has 94 valence electrons. The summed E-state index contributed by atoms with van der Waals surface area (Å²) < 4.78 is 1.04. The van der Waals surface area contributed by atoms with E-state index in [-0.39, 0.29) is 0 Å². The standard InChI is InChI=1S/C14H10BrN3S/c15-10-5-3-9(4-6-10)11-8-12(18-14(16)17-11)13-2-1-7-19-13/h1-8H,(H2,16,17,18). The molecule has 3 aromatic rings. The minimum absolute atomic E-state index is 0.295. The van der Waals surface area contributed by atoms with Gasteiger partial charge in [-0.2, -0.15) is 0 Å². The van der Waals surface area contributed by atoms with Crippen molar-refractivity contribution in [2.75, 3.05) is 5.73 Å². The molecule has 0 unspecified atom stereocenters. The minimum Gasteiger partial charge on any atom is -0.368 e. The van der Waals surface area contributed by atoms with E-state index in [1.165, 1.54) is 0 Å². The Hall–Kier alpha value is -1.72. The van der Waals surface area contributed by atoms with Crippen LogP contribution in [-0.4, -0.2) is 9.97 Å². The minimum atomic E-state index is 0.295. The fourth-order valence-electron chi connectivity index (χ4n) is 1.78. The Balaban J connectivity index is 2.10. The van der Waals surface area contributed by atoms with Crippen molar-refractivity contribution in [2.24, 2.45) is 0 Å². The highest BCUT2D eigenvalue weighted by atomic mass is 79.9. The summed E-state index contributed by atoms with van der Waals surface area (Å²) >= 11 is 5.06.